The zero-order valence-electron chi connectivity index (χ0n) is 12.8. The van der Waals surface area contributed by atoms with Crippen LogP contribution in [0.1, 0.15) is 36.6 Å². The third-order valence-electron chi connectivity index (χ3n) is 3.70. The summed E-state index contributed by atoms with van der Waals surface area (Å²) in [7, 11) is 0. The molecule has 0 radical (unpaired) electrons. The average Bonchev–Trinajstić information content (AvgIpc) is 2.42. The first-order chi connectivity index (χ1) is 9.08. The summed E-state index contributed by atoms with van der Waals surface area (Å²) in [5.41, 5.74) is 10.2. The Labute approximate surface area is 122 Å². The van der Waals surface area contributed by atoms with E-state index in [-0.39, 0.29) is 6.04 Å². The second-order valence-electron chi connectivity index (χ2n) is 5.05. The topological polar surface area (TPSA) is 29.3 Å². The Morgan fingerprint density at radius 3 is 2.42 bits per heavy atom. The third-order valence-corrected chi connectivity index (χ3v) is 4.77. The highest BCUT2D eigenvalue weighted by atomic mass is 32.2. The summed E-state index contributed by atoms with van der Waals surface area (Å²) >= 11 is 1.96. The van der Waals surface area contributed by atoms with E-state index in [2.05, 4.69) is 50.8 Å². The molecule has 19 heavy (non-hydrogen) atoms. The van der Waals surface area contributed by atoms with Crippen LogP contribution >= 0.6 is 11.8 Å². The van der Waals surface area contributed by atoms with Gasteiger partial charge in [-0.05, 0) is 43.6 Å². The van der Waals surface area contributed by atoms with E-state index in [1.165, 1.54) is 22.4 Å². The molecule has 1 aromatic rings. The summed E-state index contributed by atoms with van der Waals surface area (Å²) in [6.07, 6.45) is 0. The van der Waals surface area contributed by atoms with Gasteiger partial charge < -0.3 is 10.6 Å². The molecule has 0 aliphatic rings. The molecule has 0 saturated carbocycles. The van der Waals surface area contributed by atoms with Gasteiger partial charge in [0, 0.05) is 24.1 Å². The van der Waals surface area contributed by atoms with Crippen molar-refractivity contribution in [1.82, 2.24) is 4.90 Å². The minimum atomic E-state index is 0.154. The molecule has 3 heteroatoms. The van der Waals surface area contributed by atoms with Crippen LogP contribution in [-0.2, 0) is 0 Å². The van der Waals surface area contributed by atoms with E-state index in [1.54, 1.807) is 0 Å². The number of thioether (sulfide) groups is 1. The molecule has 0 saturated heterocycles. The zero-order chi connectivity index (χ0) is 14.3. The Balaban J connectivity index is 2.34. The van der Waals surface area contributed by atoms with Crippen LogP contribution in [0.4, 0.5) is 0 Å². The van der Waals surface area contributed by atoms with Gasteiger partial charge in [0.1, 0.15) is 0 Å². The highest BCUT2D eigenvalue weighted by Gasteiger charge is 2.07. The molecule has 0 heterocycles. The number of benzene rings is 1. The molecule has 1 unspecified atom stereocenters. The van der Waals surface area contributed by atoms with Gasteiger partial charge in [-0.25, -0.2) is 0 Å². The molecule has 1 aromatic carbocycles. The van der Waals surface area contributed by atoms with E-state index in [1.807, 2.05) is 11.8 Å². The van der Waals surface area contributed by atoms with Crippen molar-refractivity contribution in [2.75, 3.05) is 31.1 Å². The van der Waals surface area contributed by atoms with Crippen LogP contribution < -0.4 is 5.73 Å². The van der Waals surface area contributed by atoms with Gasteiger partial charge in [-0.1, -0.05) is 32.0 Å². The molecular formula is C16H28N2S. The van der Waals surface area contributed by atoms with Crippen LogP contribution in [0.15, 0.2) is 18.2 Å². The van der Waals surface area contributed by atoms with Crippen molar-refractivity contribution in [3.05, 3.63) is 34.9 Å². The molecule has 0 amide bonds. The maximum atomic E-state index is 6.26. The largest absolute Gasteiger partial charge is 0.323 e. The van der Waals surface area contributed by atoms with E-state index in [4.69, 9.17) is 5.73 Å². The lowest BCUT2D eigenvalue weighted by molar-refractivity contribution is 0.324. The van der Waals surface area contributed by atoms with Crippen molar-refractivity contribution in [3.8, 4) is 0 Å². The van der Waals surface area contributed by atoms with Crippen LogP contribution in [-0.4, -0.2) is 36.0 Å². The first-order valence-electron chi connectivity index (χ1n) is 7.21. The molecule has 2 nitrogen and oxygen atoms in total. The smallest absolute Gasteiger partial charge is 0.0386 e. The highest BCUT2D eigenvalue weighted by Crippen LogP contribution is 2.19. The monoisotopic (exact) mass is 280 g/mol. The molecule has 0 aromatic heterocycles. The standard InChI is InChI=1S/C16H28N2S/c1-5-18(6-2)9-10-19-12-16(17)15-8-7-13(3)14(4)11-15/h7-8,11,16H,5-6,9-10,12,17H2,1-4H3. The maximum absolute atomic E-state index is 6.26. The molecule has 0 aliphatic carbocycles. The van der Waals surface area contributed by atoms with Crippen molar-refractivity contribution < 1.29 is 0 Å². The van der Waals surface area contributed by atoms with E-state index >= 15 is 0 Å². The summed E-state index contributed by atoms with van der Waals surface area (Å²) in [6, 6.07) is 6.72. The van der Waals surface area contributed by atoms with Crippen LogP contribution in [0.5, 0.6) is 0 Å². The minimum Gasteiger partial charge on any atom is -0.323 e. The fraction of sp³-hybridized carbons (Fsp3) is 0.625. The van der Waals surface area contributed by atoms with Crippen molar-refractivity contribution in [3.63, 3.8) is 0 Å². The highest BCUT2D eigenvalue weighted by molar-refractivity contribution is 7.99. The number of hydrogen-bond acceptors (Lipinski definition) is 3. The lowest BCUT2D eigenvalue weighted by Crippen LogP contribution is -2.25. The summed E-state index contributed by atoms with van der Waals surface area (Å²) in [4.78, 5) is 2.45. The predicted octanol–water partition coefficient (Wildman–Crippen LogP) is 3.38. The summed E-state index contributed by atoms with van der Waals surface area (Å²) in [6.45, 7) is 12.2. The number of nitrogens with zero attached hydrogens (tertiary/aromatic N) is 1. The van der Waals surface area contributed by atoms with Crippen LogP contribution in [0.25, 0.3) is 0 Å². The average molecular weight is 280 g/mol. The van der Waals surface area contributed by atoms with Gasteiger partial charge >= 0.3 is 0 Å². The van der Waals surface area contributed by atoms with E-state index in [0.29, 0.717) is 0 Å². The Morgan fingerprint density at radius 2 is 1.84 bits per heavy atom. The Hall–Kier alpha value is -0.510. The molecule has 108 valence electrons. The van der Waals surface area contributed by atoms with E-state index in [9.17, 15) is 0 Å². The fourth-order valence-electron chi connectivity index (χ4n) is 2.04. The Kier molecular flexibility index (Phi) is 7.51. The first kappa shape index (κ1) is 16.5. The summed E-state index contributed by atoms with van der Waals surface area (Å²) in [5.74, 6) is 2.17. The number of hydrogen-bond donors (Lipinski definition) is 1. The predicted molar refractivity (Wildman–Crippen MR) is 88.0 cm³/mol. The molecule has 0 spiro atoms. The van der Waals surface area contributed by atoms with Crippen LogP contribution in [0.3, 0.4) is 0 Å². The fourth-order valence-corrected chi connectivity index (χ4v) is 3.04. The Morgan fingerprint density at radius 1 is 1.16 bits per heavy atom. The van der Waals surface area contributed by atoms with Gasteiger partial charge in [0.2, 0.25) is 0 Å². The molecule has 1 atom stereocenters. The number of nitrogens with two attached hydrogens (primary N) is 1. The Bertz CT molecular complexity index is 375. The second-order valence-corrected chi connectivity index (χ2v) is 6.20. The van der Waals surface area contributed by atoms with Crippen molar-refractivity contribution in [2.45, 2.75) is 33.7 Å². The molecule has 1 rings (SSSR count). The van der Waals surface area contributed by atoms with Crippen molar-refractivity contribution in [2.24, 2.45) is 5.73 Å². The van der Waals surface area contributed by atoms with Crippen LogP contribution in [0, 0.1) is 13.8 Å². The van der Waals surface area contributed by atoms with Crippen molar-refractivity contribution in [1.29, 1.82) is 0 Å². The van der Waals surface area contributed by atoms with Gasteiger partial charge in [0.25, 0.3) is 0 Å². The van der Waals surface area contributed by atoms with Crippen LogP contribution in [0.2, 0.25) is 0 Å². The van der Waals surface area contributed by atoms with Gasteiger partial charge in [-0.2, -0.15) is 11.8 Å². The number of aryl methyl sites for hydroxylation is 2. The van der Waals surface area contributed by atoms with Gasteiger partial charge in [-0.15, -0.1) is 0 Å². The van der Waals surface area contributed by atoms with E-state index < -0.39 is 0 Å². The van der Waals surface area contributed by atoms with Gasteiger partial charge in [0.05, 0.1) is 0 Å². The normalized spacial score (nSPS) is 12.9. The molecule has 0 fully saturated rings. The summed E-state index contributed by atoms with van der Waals surface area (Å²) < 4.78 is 0. The first-order valence-corrected chi connectivity index (χ1v) is 8.36. The quantitative estimate of drug-likeness (QED) is 0.740. The molecular weight excluding hydrogens is 252 g/mol. The van der Waals surface area contributed by atoms with E-state index in [0.717, 1.165) is 25.4 Å². The molecule has 0 aliphatic heterocycles. The zero-order valence-corrected chi connectivity index (χ0v) is 13.6. The third kappa shape index (κ3) is 5.55. The van der Waals surface area contributed by atoms with Gasteiger partial charge in [0.15, 0.2) is 0 Å². The van der Waals surface area contributed by atoms with Crippen molar-refractivity contribution >= 4 is 11.8 Å². The minimum absolute atomic E-state index is 0.154. The number of rotatable bonds is 8. The maximum Gasteiger partial charge on any atom is 0.0386 e. The molecule has 2 N–H and O–H groups in total. The van der Waals surface area contributed by atoms with Gasteiger partial charge in [-0.3, -0.25) is 0 Å². The molecule has 0 bridgehead atoms. The summed E-state index contributed by atoms with van der Waals surface area (Å²) in [5, 5.41) is 0. The lowest BCUT2D eigenvalue weighted by atomic mass is 10.0. The SMILES string of the molecule is CCN(CC)CCSCC(N)c1ccc(C)c(C)c1. The lowest BCUT2D eigenvalue weighted by Gasteiger charge is -2.18. The second kappa shape index (κ2) is 8.62.